The standard InChI is InChI=1S/C16H23BrN2O2/c1-4-8-18-15(20)11-19(9-5-2)16(21)13-7-6-12(3)10-14(13)17/h6-7,10H,4-5,8-9,11H2,1-3H3,(H,18,20). The predicted octanol–water partition coefficient (Wildman–Crippen LogP) is 3.14. The molecule has 0 atom stereocenters. The first-order valence-electron chi connectivity index (χ1n) is 7.31. The predicted molar refractivity (Wildman–Crippen MR) is 88.4 cm³/mol. The van der Waals surface area contributed by atoms with Crippen LogP contribution in [-0.4, -0.2) is 36.3 Å². The first-order chi connectivity index (χ1) is 9.99. The maximum Gasteiger partial charge on any atom is 0.255 e. The summed E-state index contributed by atoms with van der Waals surface area (Å²) >= 11 is 3.43. The molecule has 116 valence electrons. The average Bonchev–Trinajstić information content (AvgIpc) is 2.44. The number of benzene rings is 1. The minimum atomic E-state index is -0.115. The van der Waals surface area contributed by atoms with E-state index >= 15 is 0 Å². The van der Waals surface area contributed by atoms with Gasteiger partial charge in [0.05, 0.1) is 12.1 Å². The zero-order chi connectivity index (χ0) is 15.8. The second-order valence-electron chi connectivity index (χ2n) is 5.06. The van der Waals surface area contributed by atoms with Crippen molar-refractivity contribution in [3.63, 3.8) is 0 Å². The summed E-state index contributed by atoms with van der Waals surface area (Å²) < 4.78 is 0.766. The molecule has 21 heavy (non-hydrogen) atoms. The largest absolute Gasteiger partial charge is 0.355 e. The van der Waals surface area contributed by atoms with Crippen molar-refractivity contribution in [2.45, 2.75) is 33.6 Å². The highest BCUT2D eigenvalue weighted by molar-refractivity contribution is 9.10. The van der Waals surface area contributed by atoms with E-state index in [1.54, 1.807) is 11.0 Å². The Morgan fingerprint density at radius 1 is 1.24 bits per heavy atom. The van der Waals surface area contributed by atoms with Gasteiger partial charge >= 0.3 is 0 Å². The Hall–Kier alpha value is -1.36. The van der Waals surface area contributed by atoms with Crippen LogP contribution in [0.5, 0.6) is 0 Å². The van der Waals surface area contributed by atoms with Crippen LogP contribution in [0.4, 0.5) is 0 Å². The number of hydrogen-bond donors (Lipinski definition) is 1. The van der Waals surface area contributed by atoms with Gasteiger partial charge in [-0.1, -0.05) is 19.9 Å². The molecule has 0 aliphatic carbocycles. The van der Waals surface area contributed by atoms with Crippen LogP contribution in [0.2, 0.25) is 0 Å². The van der Waals surface area contributed by atoms with E-state index < -0.39 is 0 Å². The van der Waals surface area contributed by atoms with E-state index in [0.717, 1.165) is 22.9 Å². The molecule has 0 saturated carbocycles. The van der Waals surface area contributed by atoms with Crippen molar-refractivity contribution in [1.29, 1.82) is 0 Å². The molecule has 0 bridgehead atoms. The van der Waals surface area contributed by atoms with E-state index in [4.69, 9.17) is 0 Å². The van der Waals surface area contributed by atoms with Crippen molar-refractivity contribution in [1.82, 2.24) is 10.2 Å². The number of carbonyl (C=O) groups is 2. The van der Waals surface area contributed by atoms with E-state index in [1.807, 2.05) is 32.9 Å². The average molecular weight is 355 g/mol. The van der Waals surface area contributed by atoms with Gasteiger partial charge in [0.25, 0.3) is 5.91 Å². The third-order valence-electron chi connectivity index (χ3n) is 3.04. The summed E-state index contributed by atoms with van der Waals surface area (Å²) in [6.07, 6.45) is 1.70. The van der Waals surface area contributed by atoms with Crippen LogP contribution in [-0.2, 0) is 4.79 Å². The molecule has 0 unspecified atom stereocenters. The van der Waals surface area contributed by atoms with Crippen LogP contribution in [0.25, 0.3) is 0 Å². The maximum absolute atomic E-state index is 12.6. The molecule has 1 rings (SSSR count). The summed E-state index contributed by atoms with van der Waals surface area (Å²) in [4.78, 5) is 26.0. The zero-order valence-corrected chi connectivity index (χ0v) is 14.5. The second kappa shape index (κ2) is 8.82. The van der Waals surface area contributed by atoms with Crippen molar-refractivity contribution in [2.75, 3.05) is 19.6 Å². The van der Waals surface area contributed by atoms with Crippen LogP contribution < -0.4 is 5.32 Å². The molecule has 0 heterocycles. The van der Waals surface area contributed by atoms with E-state index in [0.29, 0.717) is 18.7 Å². The molecule has 0 aliphatic rings. The SMILES string of the molecule is CCCNC(=O)CN(CCC)C(=O)c1ccc(C)cc1Br. The Morgan fingerprint density at radius 2 is 1.95 bits per heavy atom. The molecule has 1 aromatic carbocycles. The van der Waals surface area contributed by atoms with Gasteiger partial charge in [0, 0.05) is 17.6 Å². The van der Waals surface area contributed by atoms with E-state index in [9.17, 15) is 9.59 Å². The lowest BCUT2D eigenvalue weighted by Crippen LogP contribution is -2.41. The molecule has 0 fully saturated rings. The van der Waals surface area contributed by atoms with Gasteiger partial charge in [-0.3, -0.25) is 9.59 Å². The Labute approximate surface area is 135 Å². The van der Waals surface area contributed by atoms with Crippen LogP contribution in [0.1, 0.15) is 42.6 Å². The molecule has 5 heteroatoms. The lowest BCUT2D eigenvalue weighted by Gasteiger charge is -2.22. The highest BCUT2D eigenvalue weighted by atomic mass is 79.9. The van der Waals surface area contributed by atoms with Crippen LogP contribution in [0.3, 0.4) is 0 Å². The Balaban J connectivity index is 2.83. The highest BCUT2D eigenvalue weighted by Crippen LogP contribution is 2.20. The quantitative estimate of drug-likeness (QED) is 0.817. The van der Waals surface area contributed by atoms with Gasteiger partial charge in [0.2, 0.25) is 5.91 Å². The smallest absolute Gasteiger partial charge is 0.255 e. The van der Waals surface area contributed by atoms with Crippen molar-refractivity contribution in [3.05, 3.63) is 33.8 Å². The van der Waals surface area contributed by atoms with Gasteiger partial charge < -0.3 is 10.2 Å². The topological polar surface area (TPSA) is 49.4 Å². The summed E-state index contributed by atoms with van der Waals surface area (Å²) in [5.74, 6) is -0.225. The van der Waals surface area contributed by atoms with E-state index in [-0.39, 0.29) is 18.4 Å². The summed E-state index contributed by atoms with van der Waals surface area (Å²) in [5.41, 5.74) is 1.68. The molecule has 0 spiro atoms. The van der Waals surface area contributed by atoms with Gasteiger partial charge in [-0.2, -0.15) is 0 Å². The number of rotatable bonds is 7. The summed E-state index contributed by atoms with van der Waals surface area (Å²) in [6.45, 7) is 7.28. The van der Waals surface area contributed by atoms with Crippen LogP contribution in [0, 0.1) is 6.92 Å². The number of nitrogens with one attached hydrogen (secondary N) is 1. The van der Waals surface area contributed by atoms with Crippen molar-refractivity contribution in [2.24, 2.45) is 0 Å². The molecule has 0 radical (unpaired) electrons. The van der Waals surface area contributed by atoms with Crippen LogP contribution in [0.15, 0.2) is 22.7 Å². The number of nitrogens with zero attached hydrogens (tertiary/aromatic N) is 1. The first-order valence-corrected chi connectivity index (χ1v) is 8.11. The van der Waals surface area contributed by atoms with Crippen molar-refractivity contribution in [3.8, 4) is 0 Å². The molecule has 0 saturated heterocycles. The molecule has 4 nitrogen and oxygen atoms in total. The van der Waals surface area contributed by atoms with Crippen LogP contribution >= 0.6 is 15.9 Å². The van der Waals surface area contributed by atoms with Gasteiger partial charge in [0.15, 0.2) is 0 Å². The minimum Gasteiger partial charge on any atom is -0.355 e. The molecule has 1 aromatic rings. The Morgan fingerprint density at radius 3 is 2.52 bits per heavy atom. The second-order valence-corrected chi connectivity index (χ2v) is 5.91. The highest BCUT2D eigenvalue weighted by Gasteiger charge is 2.19. The number of aryl methyl sites for hydroxylation is 1. The zero-order valence-electron chi connectivity index (χ0n) is 12.9. The van der Waals surface area contributed by atoms with Gasteiger partial charge in [-0.25, -0.2) is 0 Å². The number of amides is 2. The lowest BCUT2D eigenvalue weighted by atomic mass is 10.1. The fraction of sp³-hybridized carbons (Fsp3) is 0.500. The number of hydrogen-bond acceptors (Lipinski definition) is 2. The number of halogens is 1. The molecule has 1 N–H and O–H groups in total. The summed E-state index contributed by atoms with van der Waals surface area (Å²) in [6, 6.07) is 5.61. The monoisotopic (exact) mass is 354 g/mol. The van der Waals surface area contributed by atoms with Crippen molar-refractivity contribution < 1.29 is 9.59 Å². The Kier molecular flexibility index (Phi) is 7.43. The van der Waals surface area contributed by atoms with Gasteiger partial charge in [-0.15, -0.1) is 0 Å². The fourth-order valence-electron chi connectivity index (χ4n) is 1.98. The van der Waals surface area contributed by atoms with Gasteiger partial charge in [0.1, 0.15) is 0 Å². The molecule has 0 aromatic heterocycles. The maximum atomic E-state index is 12.6. The molecular formula is C16H23BrN2O2. The van der Waals surface area contributed by atoms with E-state index in [1.165, 1.54) is 0 Å². The molecular weight excluding hydrogens is 332 g/mol. The van der Waals surface area contributed by atoms with E-state index in [2.05, 4.69) is 21.2 Å². The first kappa shape index (κ1) is 17.7. The third kappa shape index (κ3) is 5.50. The normalized spacial score (nSPS) is 10.3. The molecule has 2 amide bonds. The summed E-state index contributed by atoms with van der Waals surface area (Å²) in [7, 11) is 0. The third-order valence-corrected chi connectivity index (χ3v) is 3.70. The Bertz CT molecular complexity index is 503. The van der Waals surface area contributed by atoms with Gasteiger partial charge in [-0.05, 0) is 53.4 Å². The molecule has 0 aliphatic heterocycles. The lowest BCUT2D eigenvalue weighted by molar-refractivity contribution is -0.121. The fourth-order valence-corrected chi connectivity index (χ4v) is 2.64. The summed E-state index contributed by atoms with van der Waals surface area (Å²) in [5, 5.41) is 2.81. The van der Waals surface area contributed by atoms with Crippen molar-refractivity contribution >= 4 is 27.7 Å². The minimum absolute atomic E-state index is 0.104. The number of carbonyl (C=O) groups excluding carboxylic acids is 2.